The lowest BCUT2D eigenvalue weighted by molar-refractivity contribution is -0.135. The van der Waals surface area contributed by atoms with Gasteiger partial charge in [0.1, 0.15) is 24.2 Å². The van der Waals surface area contributed by atoms with Gasteiger partial charge in [-0.3, -0.25) is 19.1 Å². The highest BCUT2D eigenvalue weighted by Gasteiger charge is 2.51. The molecule has 146 valence electrons. The number of carbonyl (C=O) groups excluding carboxylic acids is 3. The summed E-state index contributed by atoms with van der Waals surface area (Å²) in [6.45, 7) is -0.00218. The Balaban J connectivity index is 1.32. The van der Waals surface area contributed by atoms with Gasteiger partial charge in [0, 0.05) is 25.1 Å². The molecule has 1 spiro atoms. The second kappa shape index (κ2) is 7.41. The van der Waals surface area contributed by atoms with Gasteiger partial charge in [0.05, 0.1) is 0 Å². The summed E-state index contributed by atoms with van der Waals surface area (Å²) in [6.07, 6.45) is 11.0. The highest BCUT2D eigenvalue weighted by atomic mass is 16.2. The molecule has 2 N–H and O–H groups in total. The van der Waals surface area contributed by atoms with E-state index >= 15 is 0 Å². The number of rotatable bonds is 5. The number of urea groups is 1. The number of nitrogens with zero attached hydrogens (tertiary/aromatic N) is 4. The van der Waals surface area contributed by atoms with E-state index in [1.54, 1.807) is 29.5 Å². The van der Waals surface area contributed by atoms with Crippen LogP contribution in [0.1, 0.15) is 37.7 Å². The predicted molar refractivity (Wildman–Crippen MR) is 99.3 cm³/mol. The Morgan fingerprint density at radius 2 is 2.04 bits per heavy atom. The van der Waals surface area contributed by atoms with Crippen molar-refractivity contribution in [1.29, 1.82) is 0 Å². The number of carbonyl (C=O) groups is 3. The topological polar surface area (TPSA) is 109 Å². The van der Waals surface area contributed by atoms with Crippen molar-refractivity contribution in [3.8, 4) is 5.82 Å². The normalized spacial score (nSPS) is 18.4. The first kappa shape index (κ1) is 18.1. The Bertz CT molecular complexity index is 872. The van der Waals surface area contributed by atoms with Gasteiger partial charge in [-0.15, -0.1) is 0 Å². The molecular weight excluding hydrogens is 360 g/mol. The molecule has 4 rings (SSSR count). The van der Waals surface area contributed by atoms with Crippen LogP contribution in [0.3, 0.4) is 0 Å². The van der Waals surface area contributed by atoms with Gasteiger partial charge in [0.15, 0.2) is 0 Å². The van der Waals surface area contributed by atoms with Gasteiger partial charge in [-0.25, -0.2) is 14.8 Å². The lowest BCUT2D eigenvalue weighted by atomic mass is 9.82. The molecule has 2 aliphatic rings. The third-order valence-electron chi connectivity index (χ3n) is 5.32. The molecule has 0 radical (unpaired) electrons. The minimum Gasteiger partial charge on any atom is -0.350 e. The van der Waals surface area contributed by atoms with E-state index in [4.69, 9.17) is 0 Å². The summed E-state index contributed by atoms with van der Waals surface area (Å²) in [5, 5.41) is 5.55. The molecule has 0 bridgehead atoms. The smallest absolute Gasteiger partial charge is 0.325 e. The Labute approximate surface area is 162 Å². The molecule has 1 saturated heterocycles. The van der Waals surface area contributed by atoms with E-state index < -0.39 is 11.6 Å². The highest BCUT2D eigenvalue weighted by molar-refractivity contribution is 6.09. The maximum atomic E-state index is 12.7. The number of amides is 4. The van der Waals surface area contributed by atoms with E-state index in [0.29, 0.717) is 12.8 Å². The van der Waals surface area contributed by atoms with Crippen LogP contribution in [0.4, 0.5) is 4.79 Å². The minimum absolute atomic E-state index is 0.269. The highest BCUT2D eigenvalue weighted by Crippen LogP contribution is 2.33. The summed E-state index contributed by atoms with van der Waals surface area (Å²) in [7, 11) is 0. The third-order valence-corrected chi connectivity index (χ3v) is 5.32. The van der Waals surface area contributed by atoms with E-state index in [2.05, 4.69) is 20.6 Å². The van der Waals surface area contributed by atoms with E-state index in [9.17, 15) is 14.4 Å². The van der Waals surface area contributed by atoms with Crippen LogP contribution in [0, 0.1) is 0 Å². The van der Waals surface area contributed by atoms with Crippen LogP contribution in [0.15, 0.2) is 37.1 Å². The molecule has 1 saturated carbocycles. The Morgan fingerprint density at radius 3 is 2.71 bits per heavy atom. The van der Waals surface area contributed by atoms with Crippen molar-refractivity contribution in [3.63, 3.8) is 0 Å². The van der Waals surface area contributed by atoms with Crippen molar-refractivity contribution in [2.75, 3.05) is 6.54 Å². The first-order chi connectivity index (χ1) is 13.6. The second-order valence-corrected chi connectivity index (χ2v) is 7.24. The van der Waals surface area contributed by atoms with E-state index in [1.807, 2.05) is 12.1 Å². The van der Waals surface area contributed by atoms with E-state index in [-0.39, 0.29) is 24.9 Å². The SMILES string of the molecule is O=C(CN1C(=O)NC2(CCCCC2)C1=O)NCc1ccc(-n2ccnc2)nc1. The largest absolute Gasteiger partial charge is 0.350 e. The second-order valence-electron chi connectivity index (χ2n) is 7.24. The van der Waals surface area contributed by atoms with Crippen LogP contribution >= 0.6 is 0 Å². The van der Waals surface area contributed by atoms with Crippen molar-refractivity contribution in [3.05, 3.63) is 42.6 Å². The zero-order valence-corrected chi connectivity index (χ0v) is 15.4. The summed E-state index contributed by atoms with van der Waals surface area (Å²) < 4.78 is 1.78. The van der Waals surface area contributed by atoms with Gasteiger partial charge in [0.25, 0.3) is 5.91 Å². The first-order valence-corrected chi connectivity index (χ1v) is 9.41. The number of hydrogen-bond donors (Lipinski definition) is 2. The summed E-state index contributed by atoms with van der Waals surface area (Å²) in [6, 6.07) is 3.20. The lowest BCUT2D eigenvalue weighted by Gasteiger charge is -2.30. The molecular formula is C19H22N6O3. The molecule has 28 heavy (non-hydrogen) atoms. The van der Waals surface area contributed by atoms with Crippen molar-refractivity contribution in [2.24, 2.45) is 0 Å². The minimum atomic E-state index is -0.803. The number of hydrogen-bond acceptors (Lipinski definition) is 5. The number of pyridine rings is 1. The van der Waals surface area contributed by atoms with Crippen LogP contribution in [0.25, 0.3) is 5.82 Å². The summed E-state index contributed by atoms with van der Waals surface area (Å²) >= 11 is 0. The Kier molecular flexibility index (Phi) is 4.81. The van der Waals surface area contributed by atoms with Gasteiger partial charge in [0.2, 0.25) is 5.91 Å². The fourth-order valence-electron chi connectivity index (χ4n) is 3.78. The van der Waals surface area contributed by atoms with Crippen LogP contribution in [-0.2, 0) is 16.1 Å². The van der Waals surface area contributed by atoms with Gasteiger partial charge in [-0.2, -0.15) is 0 Å². The zero-order chi connectivity index (χ0) is 19.6. The molecule has 0 unspecified atom stereocenters. The lowest BCUT2D eigenvalue weighted by Crippen LogP contribution is -2.49. The summed E-state index contributed by atoms with van der Waals surface area (Å²) in [5.41, 5.74) is 0.0149. The maximum absolute atomic E-state index is 12.7. The fraction of sp³-hybridized carbons (Fsp3) is 0.421. The number of imide groups is 1. The van der Waals surface area contributed by atoms with Gasteiger partial charge >= 0.3 is 6.03 Å². The quantitative estimate of drug-likeness (QED) is 0.754. The molecule has 3 heterocycles. The summed E-state index contributed by atoms with van der Waals surface area (Å²) in [4.78, 5) is 46.5. The van der Waals surface area contributed by atoms with Crippen molar-refractivity contribution >= 4 is 17.8 Å². The number of aromatic nitrogens is 3. The molecule has 0 aromatic carbocycles. The molecule has 2 fully saturated rings. The van der Waals surface area contributed by atoms with Crippen LogP contribution < -0.4 is 10.6 Å². The molecule has 2 aromatic rings. The first-order valence-electron chi connectivity index (χ1n) is 9.41. The van der Waals surface area contributed by atoms with Gasteiger partial charge in [-0.1, -0.05) is 25.3 Å². The van der Waals surface area contributed by atoms with E-state index in [0.717, 1.165) is 35.5 Å². The molecule has 0 atom stereocenters. The third kappa shape index (κ3) is 3.47. The van der Waals surface area contributed by atoms with Crippen LogP contribution in [0.5, 0.6) is 0 Å². The zero-order valence-electron chi connectivity index (χ0n) is 15.4. The number of nitrogens with one attached hydrogen (secondary N) is 2. The van der Waals surface area contributed by atoms with Gasteiger partial charge < -0.3 is 10.6 Å². The molecule has 2 aromatic heterocycles. The maximum Gasteiger partial charge on any atom is 0.325 e. The van der Waals surface area contributed by atoms with Gasteiger partial charge in [-0.05, 0) is 24.5 Å². The number of imidazole rings is 1. The molecule has 1 aliphatic carbocycles. The average molecular weight is 382 g/mol. The molecule has 9 nitrogen and oxygen atoms in total. The van der Waals surface area contributed by atoms with Crippen LogP contribution in [0.2, 0.25) is 0 Å². The molecule has 9 heteroatoms. The molecule has 4 amide bonds. The average Bonchev–Trinajstić information content (AvgIpc) is 3.32. The van der Waals surface area contributed by atoms with Crippen molar-refractivity contribution < 1.29 is 14.4 Å². The monoisotopic (exact) mass is 382 g/mol. The fourth-order valence-corrected chi connectivity index (χ4v) is 3.78. The van der Waals surface area contributed by atoms with Crippen LogP contribution in [-0.4, -0.2) is 49.4 Å². The molecule has 1 aliphatic heterocycles. The van der Waals surface area contributed by atoms with Crippen molar-refractivity contribution in [1.82, 2.24) is 30.1 Å². The Morgan fingerprint density at radius 1 is 1.21 bits per heavy atom. The Hall–Kier alpha value is -3.23. The predicted octanol–water partition coefficient (Wildman–Crippen LogP) is 1.14. The van der Waals surface area contributed by atoms with Crippen molar-refractivity contribution in [2.45, 2.75) is 44.2 Å². The standard InChI is InChI=1S/C19H22N6O3/c26-16(12-25-17(27)19(23-18(25)28)6-2-1-3-7-19)22-11-14-4-5-15(21-10-14)24-9-8-20-13-24/h4-5,8-10,13H,1-3,6-7,11-12H2,(H,22,26)(H,23,28). The summed E-state index contributed by atoms with van der Waals surface area (Å²) in [5.74, 6) is 0.0680. The van der Waals surface area contributed by atoms with E-state index in [1.165, 1.54) is 0 Å².